The molecule has 25 heavy (non-hydrogen) atoms. The Kier molecular flexibility index (Phi) is 4.66. The lowest BCUT2D eigenvalue weighted by atomic mass is 10.1. The van der Waals surface area contributed by atoms with Gasteiger partial charge >= 0.3 is 6.01 Å². The molecule has 0 saturated heterocycles. The Bertz CT molecular complexity index is 912. The molecule has 2 heterocycles. The fourth-order valence-corrected chi connectivity index (χ4v) is 2.46. The molecule has 8 nitrogen and oxygen atoms in total. The number of hydrogen-bond acceptors (Lipinski definition) is 7. The number of hydrogen-bond donors (Lipinski definition) is 2. The van der Waals surface area contributed by atoms with Crippen molar-refractivity contribution >= 4 is 17.0 Å². The van der Waals surface area contributed by atoms with Gasteiger partial charge in [-0.2, -0.15) is 15.0 Å². The average Bonchev–Trinajstić information content (AvgIpc) is 2.95. The molecule has 9 heteroatoms. The van der Waals surface area contributed by atoms with Crippen molar-refractivity contribution in [1.82, 2.24) is 19.5 Å². The fraction of sp³-hybridized carbons (Fsp3) is 0.312. The highest BCUT2D eigenvalue weighted by molar-refractivity contribution is 5.83. The molecule has 0 atom stereocenters. The van der Waals surface area contributed by atoms with Gasteiger partial charge in [-0.05, 0) is 18.6 Å². The van der Waals surface area contributed by atoms with Crippen molar-refractivity contribution in [3.05, 3.63) is 35.1 Å². The number of methoxy groups -OCH3 is 1. The summed E-state index contributed by atoms with van der Waals surface area (Å²) >= 11 is 0. The number of rotatable bonds is 6. The molecule has 0 spiro atoms. The topological polar surface area (TPSA) is 108 Å². The van der Waals surface area contributed by atoms with Gasteiger partial charge in [0.15, 0.2) is 17.0 Å². The van der Waals surface area contributed by atoms with E-state index in [0.29, 0.717) is 28.9 Å². The summed E-state index contributed by atoms with van der Waals surface area (Å²) in [5.74, 6) is -0.288. The quantitative estimate of drug-likeness (QED) is 0.695. The Labute approximate surface area is 143 Å². The van der Waals surface area contributed by atoms with Crippen LogP contribution in [0, 0.1) is 5.82 Å². The standard InChI is InChI=1S/C16H18FN5O3/c1-3-25-15-20-13(18)12-14(21-15)22(16(19-12)24-2)7-10-5-4-9(8-23)6-11(10)17/h4-6,23H,3,7-8H2,1-2H3,(H2,18,20,21). The largest absolute Gasteiger partial charge is 0.468 e. The maximum Gasteiger partial charge on any atom is 0.320 e. The number of nitrogens with two attached hydrogens (primary N) is 1. The number of imidazole rings is 1. The van der Waals surface area contributed by atoms with Crippen LogP contribution in [0.2, 0.25) is 0 Å². The zero-order valence-corrected chi connectivity index (χ0v) is 13.9. The number of fused-ring (bicyclic) bond motifs is 1. The number of aliphatic hydroxyl groups excluding tert-OH is 1. The van der Waals surface area contributed by atoms with Crippen LogP contribution in [0.15, 0.2) is 18.2 Å². The highest BCUT2D eigenvalue weighted by Crippen LogP contribution is 2.27. The SMILES string of the molecule is CCOc1nc(N)c2nc(OC)n(Cc3ccc(CO)cc3F)c2n1. The van der Waals surface area contributed by atoms with Crippen LogP contribution in [0.25, 0.3) is 11.2 Å². The van der Waals surface area contributed by atoms with Crippen molar-refractivity contribution in [2.24, 2.45) is 0 Å². The lowest BCUT2D eigenvalue weighted by Gasteiger charge is -2.10. The van der Waals surface area contributed by atoms with Crippen LogP contribution in [0.4, 0.5) is 10.2 Å². The summed E-state index contributed by atoms with van der Waals surface area (Å²) in [7, 11) is 1.45. The minimum atomic E-state index is -0.442. The Hall–Kier alpha value is -2.94. The van der Waals surface area contributed by atoms with Crippen LogP contribution in [-0.4, -0.2) is 38.3 Å². The van der Waals surface area contributed by atoms with E-state index >= 15 is 0 Å². The lowest BCUT2D eigenvalue weighted by molar-refractivity contribution is 0.281. The molecule has 0 aliphatic heterocycles. The number of aliphatic hydroxyl groups is 1. The third kappa shape index (κ3) is 3.18. The molecule has 2 aromatic heterocycles. The van der Waals surface area contributed by atoms with Crippen molar-refractivity contribution in [2.75, 3.05) is 19.5 Å². The summed E-state index contributed by atoms with van der Waals surface area (Å²) in [6, 6.07) is 4.89. The molecule has 0 bridgehead atoms. The summed E-state index contributed by atoms with van der Waals surface area (Å²) in [5, 5.41) is 9.10. The van der Waals surface area contributed by atoms with Gasteiger partial charge in [0.25, 0.3) is 6.01 Å². The van der Waals surface area contributed by atoms with Gasteiger partial charge in [-0.25, -0.2) is 4.39 Å². The Morgan fingerprint density at radius 3 is 2.72 bits per heavy atom. The first kappa shape index (κ1) is 16.9. The van der Waals surface area contributed by atoms with Gasteiger partial charge in [0.2, 0.25) is 0 Å². The van der Waals surface area contributed by atoms with Crippen LogP contribution >= 0.6 is 0 Å². The second-order valence-electron chi connectivity index (χ2n) is 5.27. The first-order chi connectivity index (χ1) is 12.1. The first-order valence-electron chi connectivity index (χ1n) is 7.66. The van der Waals surface area contributed by atoms with Crippen molar-refractivity contribution in [2.45, 2.75) is 20.1 Å². The molecule has 0 aliphatic carbocycles. The van der Waals surface area contributed by atoms with Crippen molar-refractivity contribution < 1.29 is 19.0 Å². The van der Waals surface area contributed by atoms with E-state index in [1.54, 1.807) is 23.6 Å². The molecule has 0 fully saturated rings. The number of anilines is 1. The molecular formula is C16H18FN5O3. The van der Waals surface area contributed by atoms with Crippen LogP contribution in [0.5, 0.6) is 12.0 Å². The highest BCUT2D eigenvalue weighted by atomic mass is 19.1. The zero-order valence-electron chi connectivity index (χ0n) is 13.9. The first-order valence-corrected chi connectivity index (χ1v) is 7.66. The molecule has 0 radical (unpaired) electrons. The lowest BCUT2D eigenvalue weighted by Crippen LogP contribution is -2.07. The predicted molar refractivity (Wildman–Crippen MR) is 88.9 cm³/mol. The van der Waals surface area contributed by atoms with E-state index < -0.39 is 5.82 Å². The van der Waals surface area contributed by atoms with E-state index in [9.17, 15) is 4.39 Å². The fourth-order valence-electron chi connectivity index (χ4n) is 2.46. The number of aromatic nitrogens is 4. The Morgan fingerprint density at radius 1 is 1.28 bits per heavy atom. The Morgan fingerprint density at radius 2 is 2.08 bits per heavy atom. The minimum absolute atomic E-state index is 0.118. The van der Waals surface area contributed by atoms with Gasteiger partial charge in [-0.3, -0.25) is 4.57 Å². The molecule has 0 aliphatic rings. The van der Waals surface area contributed by atoms with Crippen LogP contribution in [-0.2, 0) is 13.2 Å². The van der Waals surface area contributed by atoms with Crippen molar-refractivity contribution in [3.63, 3.8) is 0 Å². The van der Waals surface area contributed by atoms with Gasteiger partial charge in [0.05, 0.1) is 26.9 Å². The molecule has 3 rings (SSSR count). The van der Waals surface area contributed by atoms with E-state index in [4.69, 9.17) is 20.3 Å². The second-order valence-corrected chi connectivity index (χ2v) is 5.27. The smallest absolute Gasteiger partial charge is 0.320 e. The van der Waals surface area contributed by atoms with Gasteiger partial charge in [0, 0.05) is 5.56 Å². The maximum absolute atomic E-state index is 14.3. The van der Waals surface area contributed by atoms with E-state index in [-0.39, 0.29) is 31.0 Å². The number of benzene rings is 1. The summed E-state index contributed by atoms with van der Waals surface area (Å²) in [6.45, 7) is 2.09. The third-order valence-electron chi connectivity index (χ3n) is 3.65. The van der Waals surface area contributed by atoms with Crippen LogP contribution in [0.3, 0.4) is 0 Å². The molecule has 132 valence electrons. The predicted octanol–water partition coefficient (Wildman–Crippen LogP) is 1.50. The normalized spacial score (nSPS) is 11.0. The van der Waals surface area contributed by atoms with Gasteiger partial charge < -0.3 is 20.3 Å². The summed E-state index contributed by atoms with van der Waals surface area (Å²) in [4.78, 5) is 12.6. The molecule has 1 aromatic carbocycles. The number of nitrogen functional groups attached to an aromatic ring is 1. The second kappa shape index (κ2) is 6.89. The van der Waals surface area contributed by atoms with E-state index in [1.807, 2.05) is 0 Å². The van der Waals surface area contributed by atoms with Crippen LogP contribution in [0.1, 0.15) is 18.1 Å². The average molecular weight is 347 g/mol. The highest BCUT2D eigenvalue weighted by Gasteiger charge is 2.19. The molecule has 0 amide bonds. The van der Waals surface area contributed by atoms with Crippen LogP contribution < -0.4 is 15.2 Å². The molecule has 0 saturated carbocycles. The van der Waals surface area contributed by atoms with Crippen molar-refractivity contribution in [1.29, 1.82) is 0 Å². The van der Waals surface area contributed by atoms with Gasteiger partial charge in [-0.15, -0.1) is 0 Å². The molecule has 3 aromatic rings. The van der Waals surface area contributed by atoms with Crippen molar-refractivity contribution in [3.8, 4) is 12.0 Å². The zero-order chi connectivity index (χ0) is 18.0. The maximum atomic E-state index is 14.3. The molecule has 3 N–H and O–H groups in total. The van der Waals surface area contributed by atoms with Gasteiger partial charge in [0.1, 0.15) is 5.82 Å². The van der Waals surface area contributed by atoms with E-state index in [2.05, 4.69) is 15.0 Å². The monoisotopic (exact) mass is 347 g/mol. The van der Waals surface area contributed by atoms with Gasteiger partial charge in [-0.1, -0.05) is 12.1 Å². The van der Waals surface area contributed by atoms with E-state index in [1.165, 1.54) is 13.2 Å². The number of nitrogens with zero attached hydrogens (tertiary/aromatic N) is 4. The number of halogens is 1. The number of ether oxygens (including phenoxy) is 2. The summed E-state index contributed by atoms with van der Waals surface area (Å²) < 4.78 is 26.4. The minimum Gasteiger partial charge on any atom is -0.468 e. The third-order valence-corrected chi connectivity index (χ3v) is 3.65. The summed E-state index contributed by atoms with van der Waals surface area (Å²) in [6.07, 6.45) is 0. The summed E-state index contributed by atoms with van der Waals surface area (Å²) in [5.41, 5.74) is 7.55. The molecular weight excluding hydrogens is 329 g/mol. The molecule has 0 unspecified atom stereocenters. The van der Waals surface area contributed by atoms with E-state index in [0.717, 1.165) is 0 Å². The Balaban J connectivity index is 2.10.